The van der Waals surface area contributed by atoms with E-state index in [9.17, 15) is 15.0 Å². The fourth-order valence-corrected chi connectivity index (χ4v) is 10.3. The van der Waals surface area contributed by atoms with Crippen molar-refractivity contribution in [3.63, 3.8) is 0 Å². The Morgan fingerprint density at radius 3 is 2.27 bits per heavy atom. The van der Waals surface area contributed by atoms with Gasteiger partial charge in [0.15, 0.2) is 11.5 Å². The van der Waals surface area contributed by atoms with Crippen molar-refractivity contribution >= 4 is 11.6 Å². The molecule has 1 amide bonds. The molecule has 272 valence electrons. The third-order valence-electron chi connectivity index (χ3n) is 13.0. The molecule has 0 aromatic heterocycles. The number of benzene rings is 2. The third-order valence-corrected chi connectivity index (χ3v) is 13.0. The number of alkyl halides is 1. The minimum Gasteiger partial charge on any atom is -0.508 e. The van der Waals surface area contributed by atoms with Crippen LogP contribution in [0.15, 0.2) is 36.4 Å². The number of ether oxygens (including phenoxy) is 2. The van der Waals surface area contributed by atoms with Crippen LogP contribution in [0.2, 0.25) is 0 Å². The van der Waals surface area contributed by atoms with Crippen LogP contribution < -0.4 is 14.0 Å². The number of aromatic hydroxyl groups is 1. The van der Waals surface area contributed by atoms with Crippen LogP contribution in [0.4, 0.5) is 10.1 Å². The number of quaternary nitrogens is 1. The van der Waals surface area contributed by atoms with E-state index in [2.05, 4.69) is 13.8 Å². The lowest BCUT2D eigenvalue weighted by molar-refractivity contribution is -0.128. The molecule has 2 aromatic rings. The Balaban J connectivity index is 1.26. The molecule has 2 N–H and O–H groups in total. The highest BCUT2D eigenvalue weighted by atomic mass is 19.1. The fourth-order valence-electron chi connectivity index (χ4n) is 10.3. The molecule has 5 rings (SSSR count). The highest BCUT2D eigenvalue weighted by Gasteiger charge is 2.59. The molecule has 6 nitrogen and oxygen atoms in total. The zero-order valence-electron chi connectivity index (χ0n) is 30.9. The van der Waals surface area contributed by atoms with Gasteiger partial charge in [0.1, 0.15) is 17.6 Å². The van der Waals surface area contributed by atoms with Gasteiger partial charge in [-0.05, 0) is 110 Å². The van der Waals surface area contributed by atoms with Crippen LogP contribution in [0.3, 0.4) is 0 Å². The molecule has 7 heteroatoms. The molecule has 2 saturated carbocycles. The zero-order valence-corrected chi connectivity index (χ0v) is 30.9. The van der Waals surface area contributed by atoms with Gasteiger partial charge in [-0.25, -0.2) is 13.7 Å². The summed E-state index contributed by atoms with van der Waals surface area (Å²) in [6.45, 7) is 7.63. The van der Waals surface area contributed by atoms with Crippen molar-refractivity contribution in [1.29, 1.82) is 0 Å². The summed E-state index contributed by atoms with van der Waals surface area (Å²) in [5.41, 5.74) is 2.79. The highest BCUT2D eigenvalue weighted by molar-refractivity contribution is 5.87. The Morgan fingerprint density at radius 1 is 0.918 bits per heavy atom. The van der Waals surface area contributed by atoms with Crippen LogP contribution in [-0.4, -0.2) is 55.7 Å². The number of nitrogens with zero attached hydrogens (tertiary/aromatic N) is 1. The summed E-state index contributed by atoms with van der Waals surface area (Å²) in [4.78, 5) is 13.6. The predicted molar refractivity (Wildman–Crippen MR) is 196 cm³/mol. The van der Waals surface area contributed by atoms with Crippen LogP contribution in [0.1, 0.15) is 128 Å². The quantitative estimate of drug-likeness (QED) is 0.129. The molecule has 3 aliphatic rings. The largest absolute Gasteiger partial charge is 0.508 e. The number of hydrogen-bond donors (Lipinski definition) is 2. The first-order valence-electron chi connectivity index (χ1n) is 19.3. The molecular weight excluding hydrogens is 617 g/mol. The van der Waals surface area contributed by atoms with Gasteiger partial charge in [-0.15, -0.1) is 0 Å². The number of aliphatic hydroxyl groups is 1. The summed E-state index contributed by atoms with van der Waals surface area (Å²) in [6, 6.07) is 11.5. The Morgan fingerprint density at radius 2 is 1.59 bits per heavy atom. The Kier molecular flexibility index (Phi) is 12.7. The number of halogens is 1. The van der Waals surface area contributed by atoms with Gasteiger partial charge >= 0.3 is 5.91 Å². The Hall–Kier alpha value is -2.64. The number of aliphatic hydroxyl groups excluding tert-OH is 1. The Labute approximate surface area is 295 Å². The first-order chi connectivity index (χ1) is 23.6. The number of carbonyl (C=O) groups is 1. The van der Waals surface area contributed by atoms with E-state index in [0.717, 1.165) is 94.1 Å². The van der Waals surface area contributed by atoms with E-state index in [-0.39, 0.29) is 28.9 Å². The average Bonchev–Trinajstić information content (AvgIpc) is 3.38. The SMILES string of the molecule is CCCCCCCC[N+](CCCCCCC1Cc2cc(O)ccc2C2C(F)C[C@]3(C)C(O)CCC3C12)(C(C)=O)c1ccc(OC)c(OC)c1. The van der Waals surface area contributed by atoms with Crippen molar-refractivity contribution < 1.29 is 28.9 Å². The first kappa shape index (κ1) is 37.6. The maximum absolute atomic E-state index is 16.2. The summed E-state index contributed by atoms with van der Waals surface area (Å²) in [5.74, 6) is 2.45. The minimum absolute atomic E-state index is 0.158. The molecule has 3 aliphatic carbocycles. The molecule has 0 radical (unpaired) electrons. The van der Waals surface area contributed by atoms with E-state index in [1.54, 1.807) is 27.2 Å². The second-order valence-corrected chi connectivity index (χ2v) is 15.8. The molecular formula is C42H63FNO5+. The van der Waals surface area contributed by atoms with Gasteiger partial charge in [-0.1, -0.05) is 58.4 Å². The molecule has 8 atom stereocenters. The zero-order chi connectivity index (χ0) is 35.2. The molecule has 0 spiro atoms. The second kappa shape index (κ2) is 16.6. The number of carbonyl (C=O) groups excluding carboxylic acids is 1. The number of unbranched alkanes of at least 4 members (excludes halogenated alkanes) is 8. The van der Waals surface area contributed by atoms with E-state index in [1.165, 1.54) is 25.7 Å². The predicted octanol–water partition coefficient (Wildman–Crippen LogP) is 9.67. The van der Waals surface area contributed by atoms with Crippen LogP contribution in [-0.2, 0) is 11.2 Å². The second-order valence-electron chi connectivity index (χ2n) is 15.8. The number of hydrogen-bond acceptors (Lipinski definition) is 5. The third kappa shape index (κ3) is 7.83. The maximum atomic E-state index is 16.2. The average molecular weight is 681 g/mol. The van der Waals surface area contributed by atoms with E-state index in [4.69, 9.17) is 9.47 Å². The van der Waals surface area contributed by atoms with Crippen molar-refractivity contribution in [3.8, 4) is 17.2 Å². The smallest absolute Gasteiger partial charge is 0.315 e. The number of fused-ring (bicyclic) bond motifs is 5. The molecule has 49 heavy (non-hydrogen) atoms. The van der Waals surface area contributed by atoms with Crippen LogP contribution in [0.25, 0.3) is 0 Å². The van der Waals surface area contributed by atoms with Gasteiger partial charge in [0, 0.05) is 18.1 Å². The molecule has 0 bridgehead atoms. The van der Waals surface area contributed by atoms with Crippen molar-refractivity contribution in [3.05, 3.63) is 47.5 Å². The van der Waals surface area contributed by atoms with Gasteiger partial charge in [-0.3, -0.25) is 0 Å². The number of phenolic OH excluding ortho intramolecular Hbond substituents is 1. The summed E-state index contributed by atoms with van der Waals surface area (Å²) in [7, 11) is 3.28. The molecule has 2 aromatic carbocycles. The maximum Gasteiger partial charge on any atom is 0.315 e. The van der Waals surface area contributed by atoms with E-state index in [0.29, 0.717) is 34.2 Å². The lowest BCUT2D eigenvalue weighted by Crippen LogP contribution is -2.54. The van der Waals surface area contributed by atoms with Crippen molar-refractivity contribution in [2.24, 2.45) is 23.2 Å². The number of amides is 1. The van der Waals surface area contributed by atoms with Gasteiger partial charge in [0.2, 0.25) is 0 Å². The van der Waals surface area contributed by atoms with Crippen LogP contribution >= 0.6 is 0 Å². The summed E-state index contributed by atoms with van der Waals surface area (Å²) in [6.07, 6.45) is 13.8. The molecule has 7 unspecified atom stereocenters. The van der Waals surface area contributed by atoms with Crippen LogP contribution in [0.5, 0.6) is 17.2 Å². The standard InChI is InChI=1S/C42H62FNO5/c1-6-7-8-9-11-14-23-44(29(2)45,32-17-21-37(48-4)38(27-32)49-5)24-15-12-10-13-16-30-25-31-26-33(46)18-19-34(31)41-36(43)28-42(3)35(40(30)41)20-22-39(42)47/h17-19,21,26-27,30,35-36,39-41,47H,6-16,20,22-25,28H2,1-5H3/p+1/t30?,35?,36?,39?,40?,41?,42-,44?/m0/s1. The molecule has 0 saturated heterocycles. The van der Waals surface area contributed by atoms with E-state index >= 15 is 4.39 Å². The van der Waals surface area contributed by atoms with Gasteiger partial charge in [0.05, 0.1) is 40.3 Å². The summed E-state index contributed by atoms with van der Waals surface area (Å²) < 4.78 is 27.7. The van der Waals surface area contributed by atoms with Gasteiger partial charge in [0.25, 0.3) is 0 Å². The van der Waals surface area contributed by atoms with Crippen molar-refractivity contribution in [2.75, 3.05) is 27.3 Å². The number of rotatable bonds is 17. The molecule has 2 fully saturated rings. The van der Waals surface area contributed by atoms with Crippen LogP contribution in [0, 0.1) is 23.2 Å². The first-order valence-corrected chi connectivity index (χ1v) is 19.3. The lowest BCUT2D eigenvalue weighted by atomic mass is 9.51. The van der Waals surface area contributed by atoms with Gasteiger partial charge in [-0.2, -0.15) is 0 Å². The topological polar surface area (TPSA) is 76.0 Å². The molecule has 0 aliphatic heterocycles. The number of phenols is 1. The Bertz CT molecular complexity index is 1400. The summed E-state index contributed by atoms with van der Waals surface area (Å²) >= 11 is 0. The fraction of sp³-hybridized carbons (Fsp3) is 0.690. The molecule has 0 heterocycles. The van der Waals surface area contributed by atoms with Crippen molar-refractivity contribution in [1.82, 2.24) is 4.48 Å². The van der Waals surface area contributed by atoms with E-state index in [1.807, 2.05) is 30.3 Å². The number of methoxy groups -OCH3 is 2. The summed E-state index contributed by atoms with van der Waals surface area (Å²) in [5, 5.41) is 21.3. The van der Waals surface area contributed by atoms with Gasteiger partial charge < -0.3 is 19.7 Å². The van der Waals surface area contributed by atoms with Crippen molar-refractivity contribution in [2.45, 2.75) is 135 Å². The monoisotopic (exact) mass is 680 g/mol. The normalized spacial score (nSPS) is 28.6. The van der Waals surface area contributed by atoms with E-state index < -0.39 is 12.3 Å². The minimum atomic E-state index is -0.981. The highest BCUT2D eigenvalue weighted by Crippen LogP contribution is 2.63. The lowest BCUT2D eigenvalue weighted by Gasteiger charge is -2.54.